The monoisotopic (exact) mass is 348 g/mol. The number of carbonyl (C=O) groups is 3. The van der Waals surface area contributed by atoms with Gasteiger partial charge in [0.1, 0.15) is 0 Å². The third-order valence-electron chi connectivity index (χ3n) is 4.22. The molecule has 0 N–H and O–H groups in total. The van der Waals surface area contributed by atoms with Crippen molar-refractivity contribution in [2.75, 3.05) is 18.9 Å². The number of carbonyl (C=O) groups excluding carboxylic acids is 3. The van der Waals surface area contributed by atoms with Crippen molar-refractivity contribution in [1.82, 2.24) is 9.80 Å². The standard InChI is InChI=1S/C17H20N2O4S/c1-11-9-23-12(2)7-18(11)16(21)14-5-3-4-13(6-14)8-19-15(20)10-24-17(19)22/h3-6,11-12H,7-10H2,1-2H3/t11-,12-/m0/s1. The van der Waals surface area contributed by atoms with Crippen LogP contribution in [0.2, 0.25) is 0 Å². The molecule has 0 aliphatic carbocycles. The Bertz CT molecular complexity index is 662. The Balaban J connectivity index is 1.76. The maximum atomic E-state index is 12.8. The molecule has 24 heavy (non-hydrogen) atoms. The van der Waals surface area contributed by atoms with Crippen LogP contribution in [0.25, 0.3) is 0 Å². The van der Waals surface area contributed by atoms with Crippen LogP contribution in [-0.4, -0.2) is 57.9 Å². The summed E-state index contributed by atoms with van der Waals surface area (Å²) in [6.07, 6.45) is 0.0187. The van der Waals surface area contributed by atoms with Crippen molar-refractivity contribution in [3.05, 3.63) is 35.4 Å². The van der Waals surface area contributed by atoms with Crippen LogP contribution in [-0.2, 0) is 16.1 Å². The van der Waals surface area contributed by atoms with Gasteiger partial charge in [-0.15, -0.1) is 0 Å². The van der Waals surface area contributed by atoms with Gasteiger partial charge >= 0.3 is 0 Å². The SMILES string of the molecule is C[C@H]1CN(C(=O)c2cccc(CN3C(=O)CSC3=O)c2)[C@@H](C)CO1. The van der Waals surface area contributed by atoms with Gasteiger partial charge in [-0.25, -0.2) is 0 Å². The molecule has 3 amide bonds. The zero-order valence-corrected chi connectivity index (χ0v) is 14.5. The molecule has 0 radical (unpaired) electrons. The van der Waals surface area contributed by atoms with Gasteiger partial charge < -0.3 is 9.64 Å². The molecule has 2 heterocycles. The molecule has 2 aliphatic heterocycles. The van der Waals surface area contributed by atoms with Crippen LogP contribution in [0, 0.1) is 0 Å². The highest BCUT2D eigenvalue weighted by Gasteiger charge is 2.31. The molecule has 0 spiro atoms. The van der Waals surface area contributed by atoms with Gasteiger partial charge in [-0.05, 0) is 31.5 Å². The molecular weight excluding hydrogens is 328 g/mol. The molecule has 0 saturated carbocycles. The van der Waals surface area contributed by atoms with Crippen molar-refractivity contribution in [3.8, 4) is 0 Å². The average molecular weight is 348 g/mol. The first-order valence-corrected chi connectivity index (χ1v) is 8.93. The van der Waals surface area contributed by atoms with Crippen molar-refractivity contribution < 1.29 is 19.1 Å². The van der Waals surface area contributed by atoms with E-state index in [4.69, 9.17) is 4.74 Å². The molecule has 6 nitrogen and oxygen atoms in total. The number of imide groups is 1. The van der Waals surface area contributed by atoms with E-state index in [1.807, 2.05) is 24.8 Å². The van der Waals surface area contributed by atoms with E-state index >= 15 is 0 Å². The topological polar surface area (TPSA) is 66.9 Å². The van der Waals surface area contributed by atoms with Crippen LogP contribution in [0.3, 0.4) is 0 Å². The lowest BCUT2D eigenvalue weighted by atomic mass is 10.1. The quantitative estimate of drug-likeness (QED) is 0.837. The fourth-order valence-corrected chi connectivity index (χ4v) is 3.60. The van der Waals surface area contributed by atoms with E-state index in [1.165, 1.54) is 4.90 Å². The number of thioether (sulfide) groups is 1. The van der Waals surface area contributed by atoms with Crippen molar-refractivity contribution in [3.63, 3.8) is 0 Å². The van der Waals surface area contributed by atoms with E-state index in [2.05, 4.69) is 0 Å². The minimum atomic E-state index is -0.229. The van der Waals surface area contributed by atoms with Crippen molar-refractivity contribution in [2.24, 2.45) is 0 Å². The fraction of sp³-hybridized carbons (Fsp3) is 0.471. The molecule has 1 aromatic rings. The molecular formula is C17H20N2O4S. The van der Waals surface area contributed by atoms with E-state index < -0.39 is 0 Å². The van der Waals surface area contributed by atoms with Crippen molar-refractivity contribution in [2.45, 2.75) is 32.5 Å². The number of nitrogens with zero attached hydrogens (tertiary/aromatic N) is 2. The van der Waals surface area contributed by atoms with Crippen LogP contribution < -0.4 is 0 Å². The Morgan fingerprint density at radius 2 is 2.12 bits per heavy atom. The molecule has 3 rings (SSSR count). The molecule has 0 bridgehead atoms. The minimum Gasteiger partial charge on any atom is -0.375 e. The summed E-state index contributed by atoms with van der Waals surface area (Å²) in [4.78, 5) is 39.3. The first-order chi connectivity index (χ1) is 11.5. The summed E-state index contributed by atoms with van der Waals surface area (Å²) in [5, 5.41) is -0.229. The first-order valence-electron chi connectivity index (χ1n) is 7.94. The van der Waals surface area contributed by atoms with Gasteiger partial charge in [0.25, 0.3) is 11.1 Å². The largest absolute Gasteiger partial charge is 0.375 e. The zero-order chi connectivity index (χ0) is 17.3. The number of benzene rings is 1. The normalized spacial score (nSPS) is 24.6. The van der Waals surface area contributed by atoms with Crippen molar-refractivity contribution >= 4 is 28.8 Å². The lowest BCUT2D eigenvalue weighted by Gasteiger charge is -2.36. The first kappa shape index (κ1) is 17.0. The van der Waals surface area contributed by atoms with E-state index in [9.17, 15) is 14.4 Å². The summed E-state index contributed by atoms with van der Waals surface area (Å²) in [7, 11) is 0. The summed E-state index contributed by atoms with van der Waals surface area (Å²) < 4.78 is 5.56. The number of morpholine rings is 1. The van der Waals surface area contributed by atoms with E-state index in [0.29, 0.717) is 18.7 Å². The third-order valence-corrected chi connectivity index (χ3v) is 5.08. The molecule has 2 aliphatic rings. The van der Waals surface area contributed by atoms with Crippen LogP contribution >= 0.6 is 11.8 Å². The maximum Gasteiger partial charge on any atom is 0.289 e. The van der Waals surface area contributed by atoms with Gasteiger partial charge in [-0.1, -0.05) is 23.9 Å². The highest BCUT2D eigenvalue weighted by molar-refractivity contribution is 8.14. The molecule has 2 atom stereocenters. The molecule has 7 heteroatoms. The molecule has 2 saturated heterocycles. The average Bonchev–Trinajstić information content (AvgIpc) is 2.88. The summed E-state index contributed by atoms with van der Waals surface area (Å²) in [5.41, 5.74) is 1.35. The van der Waals surface area contributed by atoms with Gasteiger partial charge in [0.05, 0.1) is 31.1 Å². The predicted molar refractivity (Wildman–Crippen MR) is 90.8 cm³/mol. The van der Waals surface area contributed by atoms with Crippen LogP contribution in [0.1, 0.15) is 29.8 Å². The second-order valence-electron chi connectivity index (χ2n) is 6.19. The second kappa shape index (κ2) is 6.94. The Labute approximate surface area is 145 Å². The van der Waals surface area contributed by atoms with Gasteiger partial charge in [-0.2, -0.15) is 0 Å². The maximum absolute atomic E-state index is 12.8. The Hall–Kier alpha value is -1.86. The summed E-state index contributed by atoms with van der Waals surface area (Å²) in [6, 6.07) is 7.16. The lowest BCUT2D eigenvalue weighted by molar-refractivity contribution is -0.125. The summed E-state index contributed by atoms with van der Waals surface area (Å²) in [6.45, 7) is 5.21. The second-order valence-corrected chi connectivity index (χ2v) is 7.11. The van der Waals surface area contributed by atoms with Crippen LogP contribution in [0.15, 0.2) is 24.3 Å². The highest BCUT2D eigenvalue weighted by Crippen LogP contribution is 2.22. The van der Waals surface area contributed by atoms with Crippen LogP contribution in [0.4, 0.5) is 4.79 Å². The van der Waals surface area contributed by atoms with Gasteiger partial charge in [-0.3, -0.25) is 19.3 Å². The van der Waals surface area contributed by atoms with Gasteiger partial charge in [0, 0.05) is 12.1 Å². The number of amides is 3. The molecule has 128 valence electrons. The highest BCUT2D eigenvalue weighted by atomic mass is 32.2. The number of hydrogen-bond acceptors (Lipinski definition) is 5. The summed E-state index contributed by atoms with van der Waals surface area (Å²) >= 11 is 1.01. The number of ether oxygens (including phenoxy) is 1. The van der Waals surface area contributed by atoms with E-state index in [0.717, 1.165) is 17.3 Å². The van der Waals surface area contributed by atoms with Gasteiger partial charge in [0.15, 0.2) is 0 Å². The molecule has 0 aromatic heterocycles. The molecule has 2 fully saturated rings. The summed E-state index contributed by atoms with van der Waals surface area (Å²) in [5.74, 6) is -0.0361. The van der Waals surface area contributed by atoms with Crippen molar-refractivity contribution in [1.29, 1.82) is 0 Å². The number of rotatable bonds is 3. The zero-order valence-electron chi connectivity index (χ0n) is 13.7. The van der Waals surface area contributed by atoms with Crippen LogP contribution in [0.5, 0.6) is 0 Å². The Morgan fingerprint density at radius 3 is 2.83 bits per heavy atom. The Kier molecular flexibility index (Phi) is 4.91. The lowest BCUT2D eigenvalue weighted by Crippen LogP contribution is -2.50. The fourth-order valence-electron chi connectivity index (χ4n) is 2.87. The van der Waals surface area contributed by atoms with E-state index in [-0.39, 0.29) is 41.5 Å². The smallest absolute Gasteiger partial charge is 0.289 e. The Morgan fingerprint density at radius 1 is 1.33 bits per heavy atom. The molecule has 0 unspecified atom stereocenters. The van der Waals surface area contributed by atoms with E-state index in [1.54, 1.807) is 18.2 Å². The predicted octanol–water partition coefficient (Wildman–Crippen LogP) is 2.13. The third kappa shape index (κ3) is 3.47. The number of hydrogen-bond donors (Lipinski definition) is 0. The van der Waals surface area contributed by atoms with Gasteiger partial charge in [0.2, 0.25) is 5.91 Å². The minimum absolute atomic E-state index is 0.0187. The molecule has 1 aromatic carbocycles.